The molecule has 1 aliphatic rings. The van der Waals surface area contributed by atoms with Gasteiger partial charge in [-0.1, -0.05) is 43.6 Å². The first-order valence-corrected chi connectivity index (χ1v) is 12.4. The van der Waals surface area contributed by atoms with Crippen molar-refractivity contribution in [1.82, 2.24) is 9.80 Å². The minimum Gasteiger partial charge on any atom is -0.444 e. The van der Waals surface area contributed by atoms with Gasteiger partial charge in [0.25, 0.3) is 0 Å². The van der Waals surface area contributed by atoms with Crippen LogP contribution < -0.4 is 0 Å². The van der Waals surface area contributed by atoms with Crippen LogP contribution in [0.5, 0.6) is 0 Å². The Balaban J connectivity index is 2.11. The minimum absolute atomic E-state index is 0.128. The summed E-state index contributed by atoms with van der Waals surface area (Å²) in [5.41, 5.74) is -1.47. The van der Waals surface area contributed by atoms with E-state index in [0.717, 1.165) is 12.8 Å². The number of carbonyl (C=O) groups excluding carboxylic acids is 4. The molecule has 2 rings (SSSR count). The number of hydrogen-bond acceptors (Lipinski definition) is 7. The van der Waals surface area contributed by atoms with E-state index < -0.39 is 42.1 Å². The molecule has 2 atom stereocenters. The van der Waals surface area contributed by atoms with Crippen molar-refractivity contribution in [2.24, 2.45) is 5.92 Å². The summed E-state index contributed by atoms with van der Waals surface area (Å²) in [6, 6.07) is 5.97. The third kappa shape index (κ3) is 6.69. The number of Topliss-reactive ketones (excluding diaryl/α,β-unsaturated/α-hetero) is 1. The summed E-state index contributed by atoms with van der Waals surface area (Å²) in [5, 5.41) is 0.379. The van der Waals surface area contributed by atoms with Gasteiger partial charge in [-0.3, -0.25) is 14.6 Å². The number of hydrogen-bond donors (Lipinski definition) is 0. The van der Waals surface area contributed by atoms with E-state index in [0.29, 0.717) is 23.4 Å². The van der Waals surface area contributed by atoms with E-state index in [-0.39, 0.29) is 11.7 Å². The number of ketones is 1. The molecule has 1 aliphatic carbocycles. The number of esters is 1. The van der Waals surface area contributed by atoms with Crippen LogP contribution in [-0.4, -0.2) is 66.3 Å². The monoisotopic (exact) mass is 524 g/mol. The molecule has 0 bridgehead atoms. The molecule has 10 heteroatoms. The third-order valence-electron chi connectivity index (χ3n) is 6.17. The maximum absolute atomic E-state index is 13.2. The Labute approximate surface area is 218 Å². The number of benzene rings is 1. The van der Waals surface area contributed by atoms with Crippen LogP contribution >= 0.6 is 11.6 Å². The summed E-state index contributed by atoms with van der Waals surface area (Å²) >= 11 is 6.42. The Hall–Kier alpha value is -2.81. The van der Waals surface area contributed by atoms with Crippen molar-refractivity contribution in [2.45, 2.75) is 77.5 Å². The summed E-state index contributed by atoms with van der Waals surface area (Å²) in [6.45, 7) is 8.01. The number of amides is 2. The van der Waals surface area contributed by atoms with Gasteiger partial charge < -0.3 is 14.2 Å². The molecule has 1 aromatic carbocycles. The lowest BCUT2D eigenvalue weighted by Gasteiger charge is -2.43. The van der Waals surface area contributed by atoms with Crippen LogP contribution in [-0.2, 0) is 29.3 Å². The van der Waals surface area contributed by atoms with Crippen molar-refractivity contribution >= 4 is 35.5 Å². The molecular weight excluding hydrogens is 488 g/mol. The van der Waals surface area contributed by atoms with Gasteiger partial charge in [0, 0.05) is 31.1 Å². The predicted molar refractivity (Wildman–Crippen MR) is 134 cm³/mol. The topological polar surface area (TPSA) is 102 Å². The quantitative estimate of drug-likeness (QED) is 0.359. The van der Waals surface area contributed by atoms with Crippen LogP contribution in [0.15, 0.2) is 24.3 Å². The summed E-state index contributed by atoms with van der Waals surface area (Å²) in [6.07, 6.45) is 0.665. The van der Waals surface area contributed by atoms with E-state index in [1.54, 1.807) is 58.9 Å². The van der Waals surface area contributed by atoms with E-state index in [9.17, 15) is 19.2 Å². The smallest absolute Gasteiger partial charge is 0.413 e. The van der Waals surface area contributed by atoms with Crippen LogP contribution in [0, 0.1) is 5.92 Å². The normalized spacial score (nSPS) is 18.9. The van der Waals surface area contributed by atoms with Crippen molar-refractivity contribution in [3.8, 4) is 0 Å². The van der Waals surface area contributed by atoms with Gasteiger partial charge >= 0.3 is 18.2 Å². The van der Waals surface area contributed by atoms with Gasteiger partial charge in [-0.25, -0.2) is 14.4 Å². The molecule has 1 saturated carbocycles. The highest BCUT2D eigenvalue weighted by Crippen LogP contribution is 2.42. The van der Waals surface area contributed by atoms with Gasteiger partial charge in [0.2, 0.25) is 6.79 Å². The van der Waals surface area contributed by atoms with Gasteiger partial charge in [0.15, 0.2) is 5.78 Å². The highest BCUT2D eigenvalue weighted by Gasteiger charge is 2.48. The second kappa shape index (κ2) is 12.0. The lowest BCUT2D eigenvalue weighted by Crippen LogP contribution is -2.54. The molecule has 0 heterocycles. The summed E-state index contributed by atoms with van der Waals surface area (Å²) in [4.78, 5) is 53.8. The van der Waals surface area contributed by atoms with Gasteiger partial charge in [-0.05, 0) is 52.0 Å². The maximum atomic E-state index is 13.2. The molecule has 36 heavy (non-hydrogen) atoms. The predicted octanol–water partition coefficient (Wildman–Crippen LogP) is 5.14. The number of nitrogens with zero attached hydrogens (tertiary/aromatic N) is 2. The molecule has 200 valence electrons. The maximum Gasteiger partial charge on any atom is 0.413 e. The number of carbonyl (C=O) groups is 4. The first kappa shape index (κ1) is 29.4. The second-order valence-electron chi connectivity index (χ2n) is 10.3. The largest absolute Gasteiger partial charge is 0.444 e. The molecule has 0 N–H and O–H groups in total. The van der Waals surface area contributed by atoms with E-state index in [1.165, 1.54) is 23.9 Å². The Bertz CT molecular complexity index is 975. The SMILES string of the molecule is CC(C)[C@@H](C(=O)OCOC(=O)N(C)[C@]1(c2ccccc2Cl)CCCCC1=O)N(C)C(=O)OC(C)(C)C. The van der Waals surface area contributed by atoms with Crippen LogP contribution in [0.4, 0.5) is 9.59 Å². The number of halogens is 1. The Morgan fingerprint density at radius 3 is 2.25 bits per heavy atom. The molecule has 0 unspecified atom stereocenters. The molecule has 2 amide bonds. The summed E-state index contributed by atoms with van der Waals surface area (Å²) in [5.74, 6) is -1.17. The number of ether oxygens (including phenoxy) is 3. The Morgan fingerprint density at radius 1 is 1.06 bits per heavy atom. The van der Waals surface area contributed by atoms with Crippen LogP contribution in [0.1, 0.15) is 65.9 Å². The van der Waals surface area contributed by atoms with Gasteiger partial charge in [0.1, 0.15) is 17.2 Å². The van der Waals surface area contributed by atoms with E-state index in [4.69, 9.17) is 25.8 Å². The Kier molecular flexibility index (Phi) is 9.77. The average Bonchev–Trinajstić information content (AvgIpc) is 2.78. The van der Waals surface area contributed by atoms with Crippen LogP contribution in [0.2, 0.25) is 5.02 Å². The zero-order valence-corrected chi connectivity index (χ0v) is 22.9. The zero-order valence-electron chi connectivity index (χ0n) is 22.1. The first-order valence-electron chi connectivity index (χ1n) is 12.0. The fourth-order valence-corrected chi connectivity index (χ4v) is 4.72. The highest BCUT2D eigenvalue weighted by molar-refractivity contribution is 6.31. The first-order chi connectivity index (χ1) is 16.7. The van der Waals surface area contributed by atoms with Crippen molar-refractivity contribution in [2.75, 3.05) is 20.9 Å². The molecule has 1 fully saturated rings. The van der Waals surface area contributed by atoms with Crippen molar-refractivity contribution in [1.29, 1.82) is 0 Å². The molecular formula is C26H37ClN2O7. The number of likely N-dealkylation sites (N-methyl/N-ethyl adjacent to an activating group) is 2. The fraction of sp³-hybridized carbons (Fsp3) is 0.615. The van der Waals surface area contributed by atoms with E-state index in [1.807, 2.05) is 0 Å². The summed E-state index contributed by atoms with van der Waals surface area (Å²) < 4.78 is 15.8. The minimum atomic E-state index is -1.27. The van der Waals surface area contributed by atoms with E-state index >= 15 is 0 Å². The number of rotatable bonds is 7. The Morgan fingerprint density at radius 2 is 1.69 bits per heavy atom. The molecule has 0 aromatic heterocycles. The van der Waals surface area contributed by atoms with Crippen molar-refractivity contribution < 1.29 is 33.4 Å². The molecule has 0 saturated heterocycles. The van der Waals surface area contributed by atoms with Gasteiger partial charge in [-0.15, -0.1) is 0 Å². The average molecular weight is 525 g/mol. The lowest BCUT2D eigenvalue weighted by molar-refractivity contribution is -0.160. The molecule has 1 aromatic rings. The second-order valence-corrected chi connectivity index (χ2v) is 10.7. The summed E-state index contributed by atoms with van der Waals surface area (Å²) in [7, 11) is 2.92. The molecule has 0 radical (unpaired) electrons. The van der Waals surface area contributed by atoms with Gasteiger partial charge in [-0.2, -0.15) is 0 Å². The van der Waals surface area contributed by atoms with Crippen LogP contribution in [0.3, 0.4) is 0 Å². The van der Waals surface area contributed by atoms with E-state index in [2.05, 4.69) is 0 Å². The standard InChI is InChI=1S/C26H37ClN2O7/c1-17(2)21(28(6)23(32)36-25(3,4)5)22(31)34-16-35-24(33)29(7)26(15-11-10-14-20(26)30)18-12-8-9-13-19(18)27/h8-9,12-13,17,21H,10-11,14-16H2,1-7H3/t21-,26-/m0/s1. The van der Waals surface area contributed by atoms with Crippen molar-refractivity contribution in [3.05, 3.63) is 34.9 Å². The molecule has 9 nitrogen and oxygen atoms in total. The fourth-order valence-electron chi connectivity index (χ4n) is 4.43. The third-order valence-corrected chi connectivity index (χ3v) is 6.50. The van der Waals surface area contributed by atoms with Gasteiger partial charge in [0.05, 0.1) is 0 Å². The van der Waals surface area contributed by atoms with Crippen molar-refractivity contribution in [3.63, 3.8) is 0 Å². The zero-order chi connectivity index (χ0) is 27.3. The molecule has 0 aliphatic heterocycles. The van der Waals surface area contributed by atoms with Crippen LogP contribution in [0.25, 0.3) is 0 Å². The molecule has 0 spiro atoms. The highest BCUT2D eigenvalue weighted by atomic mass is 35.5. The lowest BCUT2D eigenvalue weighted by atomic mass is 9.74.